The van der Waals surface area contributed by atoms with Crippen molar-refractivity contribution in [1.82, 2.24) is 4.90 Å². The van der Waals surface area contributed by atoms with Gasteiger partial charge >= 0.3 is 0 Å². The van der Waals surface area contributed by atoms with Gasteiger partial charge in [0.2, 0.25) is 5.91 Å². The molecule has 1 aliphatic rings. The van der Waals surface area contributed by atoms with Gasteiger partial charge in [-0.1, -0.05) is 11.6 Å². The zero-order valence-electron chi connectivity index (χ0n) is 10.2. The van der Waals surface area contributed by atoms with E-state index in [1.54, 1.807) is 23.1 Å². The lowest BCUT2D eigenvalue weighted by Gasteiger charge is -2.15. The highest BCUT2D eigenvalue weighted by Gasteiger charge is 2.30. The van der Waals surface area contributed by atoms with Gasteiger partial charge in [0.1, 0.15) is 0 Å². The number of hydrogen-bond donors (Lipinski definition) is 4. The van der Waals surface area contributed by atoms with Crippen LogP contribution in [0.15, 0.2) is 18.2 Å². The van der Waals surface area contributed by atoms with Crippen molar-refractivity contribution < 1.29 is 15.0 Å². The van der Waals surface area contributed by atoms with Gasteiger partial charge in [0.05, 0.1) is 30.1 Å². The SMILES string of the molecule is Nc1cc(Cl)ccc1NC(=O)CN1CC(O)C(O)C1. The fourth-order valence-corrected chi connectivity index (χ4v) is 2.20. The molecule has 104 valence electrons. The molecular formula is C12H16ClN3O3. The number of rotatable bonds is 3. The lowest BCUT2D eigenvalue weighted by Crippen LogP contribution is -2.32. The molecule has 2 atom stereocenters. The van der Waals surface area contributed by atoms with Crippen molar-refractivity contribution in [2.24, 2.45) is 0 Å². The van der Waals surface area contributed by atoms with Gasteiger partial charge in [-0.05, 0) is 18.2 Å². The highest BCUT2D eigenvalue weighted by atomic mass is 35.5. The van der Waals surface area contributed by atoms with Crippen LogP contribution in [0.1, 0.15) is 0 Å². The number of hydrogen-bond acceptors (Lipinski definition) is 5. The second-order valence-electron chi connectivity index (χ2n) is 4.61. The molecule has 5 N–H and O–H groups in total. The molecule has 1 fully saturated rings. The van der Waals surface area contributed by atoms with Crippen molar-refractivity contribution in [1.29, 1.82) is 0 Å². The molecule has 1 amide bonds. The van der Waals surface area contributed by atoms with Crippen molar-refractivity contribution in [3.63, 3.8) is 0 Å². The molecule has 1 heterocycles. The fourth-order valence-electron chi connectivity index (χ4n) is 2.02. The maximum Gasteiger partial charge on any atom is 0.238 e. The lowest BCUT2D eigenvalue weighted by atomic mass is 10.2. The number of nitrogen functional groups attached to an aromatic ring is 1. The van der Waals surface area contributed by atoms with Crippen LogP contribution >= 0.6 is 11.6 Å². The molecule has 0 spiro atoms. The minimum Gasteiger partial charge on any atom is -0.397 e. The largest absolute Gasteiger partial charge is 0.397 e. The Balaban J connectivity index is 1.91. The number of aliphatic hydroxyl groups excluding tert-OH is 2. The number of carbonyl (C=O) groups is 1. The Morgan fingerprint density at radius 2 is 2.05 bits per heavy atom. The molecule has 0 aliphatic carbocycles. The first-order chi connectivity index (χ1) is 8.95. The Bertz CT molecular complexity index is 473. The van der Waals surface area contributed by atoms with Gasteiger partial charge in [-0.25, -0.2) is 0 Å². The van der Waals surface area contributed by atoms with Gasteiger partial charge in [0.25, 0.3) is 0 Å². The van der Waals surface area contributed by atoms with Crippen molar-refractivity contribution in [3.8, 4) is 0 Å². The third kappa shape index (κ3) is 3.57. The summed E-state index contributed by atoms with van der Waals surface area (Å²) in [5.41, 5.74) is 6.62. The minimum atomic E-state index is -0.798. The molecule has 0 bridgehead atoms. The minimum absolute atomic E-state index is 0.0934. The van der Waals surface area contributed by atoms with Crippen LogP contribution in [0.3, 0.4) is 0 Å². The first kappa shape index (κ1) is 14.1. The number of benzene rings is 1. The van der Waals surface area contributed by atoms with E-state index in [0.29, 0.717) is 16.4 Å². The number of nitrogens with one attached hydrogen (secondary N) is 1. The van der Waals surface area contributed by atoms with E-state index in [2.05, 4.69) is 5.32 Å². The van der Waals surface area contributed by atoms with E-state index in [0.717, 1.165) is 0 Å². The van der Waals surface area contributed by atoms with Crippen LogP contribution in [-0.4, -0.2) is 52.9 Å². The topological polar surface area (TPSA) is 98.8 Å². The zero-order chi connectivity index (χ0) is 14.0. The van der Waals surface area contributed by atoms with Crippen LogP contribution in [0.5, 0.6) is 0 Å². The Labute approximate surface area is 115 Å². The summed E-state index contributed by atoms with van der Waals surface area (Å²) < 4.78 is 0. The molecular weight excluding hydrogens is 270 g/mol. The fraction of sp³-hybridized carbons (Fsp3) is 0.417. The van der Waals surface area contributed by atoms with E-state index >= 15 is 0 Å². The van der Waals surface area contributed by atoms with Gasteiger partial charge in [0, 0.05) is 18.1 Å². The number of β-amino-alcohol motifs (C(OH)–C–C–N with tert-alkyl or cyclic N) is 2. The van der Waals surface area contributed by atoms with Crippen LogP contribution in [0.2, 0.25) is 5.02 Å². The summed E-state index contributed by atoms with van der Waals surface area (Å²) in [6, 6.07) is 4.82. The van der Waals surface area contributed by atoms with Crippen molar-refractivity contribution in [2.75, 3.05) is 30.7 Å². The Hall–Kier alpha value is -1.34. The molecule has 2 rings (SSSR count). The summed E-state index contributed by atoms with van der Waals surface area (Å²) in [6.45, 7) is 0.658. The van der Waals surface area contributed by atoms with Crippen LogP contribution in [0.25, 0.3) is 0 Å². The summed E-state index contributed by atoms with van der Waals surface area (Å²) in [5.74, 6) is -0.254. The predicted molar refractivity (Wildman–Crippen MR) is 72.9 cm³/mol. The highest BCUT2D eigenvalue weighted by molar-refractivity contribution is 6.31. The van der Waals surface area contributed by atoms with Gasteiger partial charge in [-0.2, -0.15) is 0 Å². The molecule has 1 saturated heterocycles. The van der Waals surface area contributed by atoms with Crippen LogP contribution in [0.4, 0.5) is 11.4 Å². The molecule has 1 aromatic carbocycles. The lowest BCUT2D eigenvalue weighted by molar-refractivity contribution is -0.117. The summed E-state index contributed by atoms with van der Waals surface area (Å²) in [7, 11) is 0. The zero-order valence-corrected chi connectivity index (χ0v) is 11.0. The number of nitrogens with zero attached hydrogens (tertiary/aromatic N) is 1. The van der Waals surface area contributed by atoms with E-state index in [4.69, 9.17) is 17.3 Å². The molecule has 1 aromatic rings. The van der Waals surface area contributed by atoms with Crippen molar-refractivity contribution in [2.45, 2.75) is 12.2 Å². The average molecular weight is 286 g/mol. The van der Waals surface area contributed by atoms with Crippen LogP contribution < -0.4 is 11.1 Å². The van der Waals surface area contributed by atoms with Gasteiger partial charge in [0.15, 0.2) is 0 Å². The molecule has 7 heteroatoms. The monoisotopic (exact) mass is 285 g/mol. The Morgan fingerprint density at radius 3 is 2.63 bits per heavy atom. The van der Waals surface area contributed by atoms with Crippen LogP contribution in [0, 0.1) is 0 Å². The van der Waals surface area contributed by atoms with E-state index in [9.17, 15) is 15.0 Å². The first-order valence-electron chi connectivity index (χ1n) is 5.89. The molecule has 0 radical (unpaired) electrons. The number of carbonyl (C=O) groups excluding carboxylic acids is 1. The first-order valence-corrected chi connectivity index (χ1v) is 6.27. The maximum atomic E-state index is 11.8. The second-order valence-corrected chi connectivity index (χ2v) is 5.04. The van der Waals surface area contributed by atoms with E-state index in [-0.39, 0.29) is 25.5 Å². The molecule has 0 saturated carbocycles. The highest BCUT2D eigenvalue weighted by Crippen LogP contribution is 2.22. The standard InChI is InChI=1S/C12H16ClN3O3/c13-7-1-2-9(8(14)3-7)15-12(19)6-16-4-10(17)11(18)5-16/h1-3,10-11,17-18H,4-6,14H2,(H,15,19). The van der Waals surface area contributed by atoms with E-state index in [1.165, 1.54) is 0 Å². The molecule has 6 nitrogen and oxygen atoms in total. The Morgan fingerprint density at radius 1 is 1.42 bits per heavy atom. The normalized spacial score (nSPS) is 23.5. The van der Waals surface area contributed by atoms with Crippen LogP contribution in [-0.2, 0) is 4.79 Å². The predicted octanol–water partition coefficient (Wildman–Crippen LogP) is -0.102. The molecule has 2 unspecified atom stereocenters. The average Bonchev–Trinajstić information content (AvgIpc) is 2.62. The number of amides is 1. The number of aliphatic hydroxyl groups is 2. The summed E-state index contributed by atoms with van der Waals surface area (Å²) in [4.78, 5) is 13.5. The van der Waals surface area contributed by atoms with Gasteiger partial charge in [-0.15, -0.1) is 0 Å². The number of nitrogens with two attached hydrogens (primary N) is 1. The molecule has 0 aromatic heterocycles. The van der Waals surface area contributed by atoms with Gasteiger partial charge in [-0.3, -0.25) is 9.69 Å². The van der Waals surface area contributed by atoms with Gasteiger partial charge < -0.3 is 21.3 Å². The maximum absolute atomic E-state index is 11.8. The Kier molecular flexibility index (Phi) is 4.26. The third-order valence-corrected chi connectivity index (χ3v) is 3.22. The van der Waals surface area contributed by atoms with E-state index < -0.39 is 12.2 Å². The smallest absolute Gasteiger partial charge is 0.238 e. The second kappa shape index (κ2) is 5.75. The molecule has 1 aliphatic heterocycles. The van der Waals surface area contributed by atoms with Crippen molar-refractivity contribution in [3.05, 3.63) is 23.2 Å². The quantitative estimate of drug-likeness (QED) is 0.581. The number of likely N-dealkylation sites (tertiary alicyclic amines) is 1. The number of anilines is 2. The summed E-state index contributed by atoms with van der Waals surface area (Å²) in [5, 5.41) is 21.9. The summed E-state index contributed by atoms with van der Waals surface area (Å²) >= 11 is 5.77. The third-order valence-electron chi connectivity index (χ3n) is 2.99. The summed E-state index contributed by atoms with van der Waals surface area (Å²) in [6.07, 6.45) is -1.60. The molecule has 19 heavy (non-hydrogen) atoms. The number of halogens is 1. The van der Waals surface area contributed by atoms with Crippen molar-refractivity contribution >= 4 is 28.9 Å². The van der Waals surface area contributed by atoms with E-state index in [1.807, 2.05) is 0 Å².